The molecule has 1 fully saturated rings. The van der Waals surface area contributed by atoms with E-state index in [9.17, 15) is 13.2 Å². The highest BCUT2D eigenvalue weighted by Gasteiger charge is 2.28. The van der Waals surface area contributed by atoms with Crippen molar-refractivity contribution in [1.29, 1.82) is 5.26 Å². The van der Waals surface area contributed by atoms with Gasteiger partial charge in [0.1, 0.15) is 0 Å². The minimum atomic E-state index is -2.94. The number of nitrogens with zero attached hydrogens (tertiary/aromatic N) is 1. The van der Waals surface area contributed by atoms with Crippen LogP contribution in [0, 0.1) is 11.3 Å². The summed E-state index contributed by atoms with van der Waals surface area (Å²) in [6.07, 6.45) is 0.805. The first-order valence-electron chi connectivity index (χ1n) is 4.40. The van der Waals surface area contributed by atoms with Gasteiger partial charge in [-0.05, 0) is 6.42 Å². The molecule has 0 aromatic rings. The van der Waals surface area contributed by atoms with Crippen molar-refractivity contribution in [2.75, 3.05) is 11.5 Å². The molecular formula is C8H12N2O3S. The average molecular weight is 216 g/mol. The lowest BCUT2D eigenvalue weighted by molar-refractivity contribution is -0.121. The van der Waals surface area contributed by atoms with Crippen molar-refractivity contribution in [2.24, 2.45) is 0 Å². The Kier molecular flexibility index (Phi) is 3.47. The van der Waals surface area contributed by atoms with Crippen molar-refractivity contribution in [3.8, 4) is 6.07 Å². The fourth-order valence-corrected chi connectivity index (χ4v) is 3.05. The van der Waals surface area contributed by atoms with Gasteiger partial charge in [0.2, 0.25) is 5.91 Å². The lowest BCUT2D eigenvalue weighted by Crippen LogP contribution is -2.35. The van der Waals surface area contributed by atoms with Gasteiger partial charge in [0.15, 0.2) is 9.84 Å². The van der Waals surface area contributed by atoms with Gasteiger partial charge in [0.25, 0.3) is 0 Å². The smallest absolute Gasteiger partial charge is 0.221 e. The summed E-state index contributed by atoms with van der Waals surface area (Å²) in [5, 5.41) is 10.8. The quantitative estimate of drug-likeness (QED) is 0.695. The minimum Gasteiger partial charge on any atom is -0.352 e. The van der Waals surface area contributed by atoms with E-state index in [2.05, 4.69) is 5.32 Å². The van der Waals surface area contributed by atoms with Gasteiger partial charge in [-0.2, -0.15) is 5.26 Å². The molecule has 1 unspecified atom stereocenters. The third kappa shape index (κ3) is 3.34. The molecule has 0 aromatic carbocycles. The SMILES string of the molecule is N#CCCC(=O)NC1CCS(=O)(=O)C1. The van der Waals surface area contributed by atoms with E-state index in [0.29, 0.717) is 6.42 Å². The summed E-state index contributed by atoms with van der Waals surface area (Å²) in [5.41, 5.74) is 0. The van der Waals surface area contributed by atoms with Crippen LogP contribution in [0.1, 0.15) is 19.3 Å². The van der Waals surface area contributed by atoms with E-state index in [1.807, 2.05) is 6.07 Å². The summed E-state index contributed by atoms with van der Waals surface area (Å²) in [6, 6.07) is 1.60. The van der Waals surface area contributed by atoms with Crippen LogP contribution < -0.4 is 5.32 Å². The number of carbonyl (C=O) groups excluding carboxylic acids is 1. The van der Waals surface area contributed by atoms with Crippen LogP contribution in [0.15, 0.2) is 0 Å². The van der Waals surface area contributed by atoms with Gasteiger partial charge in [-0.3, -0.25) is 4.79 Å². The molecule has 0 bridgehead atoms. The molecule has 1 aliphatic rings. The van der Waals surface area contributed by atoms with Crippen molar-refractivity contribution in [2.45, 2.75) is 25.3 Å². The van der Waals surface area contributed by atoms with E-state index in [0.717, 1.165) is 0 Å². The number of carbonyl (C=O) groups is 1. The van der Waals surface area contributed by atoms with Crippen LogP contribution in [0.5, 0.6) is 0 Å². The number of nitriles is 1. The fraction of sp³-hybridized carbons (Fsp3) is 0.750. The maximum absolute atomic E-state index is 11.1. The van der Waals surface area contributed by atoms with Crippen LogP contribution in [-0.2, 0) is 14.6 Å². The van der Waals surface area contributed by atoms with Gasteiger partial charge < -0.3 is 5.32 Å². The number of sulfone groups is 1. The number of hydrogen-bond acceptors (Lipinski definition) is 4. The molecular weight excluding hydrogens is 204 g/mol. The zero-order valence-electron chi connectivity index (χ0n) is 7.69. The predicted molar refractivity (Wildman–Crippen MR) is 50.0 cm³/mol. The summed E-state index contributed by atoms with van der Waals surface area (Å²) < 4.78 is 22.1. The topological polar surface area (TPSA) is 87.0 Å². The van der Waals surface area contributed by atoms with Crippen molar-refractivity contribution in [1.82, 2.24) is 5.32 Å². The maximum Gasteiger partial charge on any atom is 0.221 e. The van der Waals surface area contributed by atoms with Crippen LogP contribution in [0.2, 0.25) is 0 Å². The Balaban J connectivity index is 2.33. The summed E-state index contributed by atoms with van der Waals surface area (Å²) in [7, 11) is -2.94. The molecule has 0 aromatic heterocycles. The van der Waals surface area contributed by atoms with Gasteiger partial charge in [-0.15, -0.1) is 0 Å². The number of nitrogens with one attached hydrogen (secondary N) is 1. The van der Waals surface area contributed by atoms with Gasteiger partial charge in [0, 0.05) is 18.9 Å². The Morgan fingerprint density at radius 3 is 2.79 bits per heavy atom. The highest BCUT2D eigenvalue weighted by molar-refractivity contribution is 7.91. The molecule has 0 spiro atoms. The fourth-order valence-electron chi connectivity index (χ4n) is 1.38. The Hall–Kier alpha value is -1.09. The molecule has 5 nitrogen and oxygen atoms in total. The average Bonchev–Trinajstić information content (AvgIpc) is 2.42. The Morgan fingerprint density at radius 1 is 1.57 bits per heavy atom. The van der Waals surface area contributed by atoms with E-state index in [-0.39, 0.29) is 36.3 Å². The normalized spacial score (nSPS) is 24.1. The third-order valence-electron chi connectivity index (χ3n) is 2.06. The first-order chi connectivity index (χ1) is 6.53. The first kappa shape index (κ1) is 11.0. The third-order valence-corrected chi connectivity index (χ3v) is 3.83. The lowest BCUT2D eigenvalue weighted by atomic mass is 10.2. The molecule has 1 heterocycles. The second-order valence-electron chi connectivity index (χ2n) is 3.33. The number of rotatable bonds is 3. The molecule has 1 saturated heterocycles. The lowest BCUT2D eigenvalue weighted by Gasteiger charge is -2.09. The summed E-state index contributed by atoms with van der Waals surface area (Å²) in [5.74, 6) is -0.0600. The van der Waals surface area contributed by atoms with Crippen LogP contribution in [0.3, 0.4) is 0 Å². The van der Waals surface area contributed by atoms with Gasteiger partial charge >= 0.3 is 0 Å². The van der Waals surface area contributed by atoms with Crippen LogP contribution >= 0.6 is 0 Å². The number of hydrogen-bond donors (Lipinski definition) is 1. The van der Waals surface area contributed by atoms with Gasteiger partial charge in [-0.1, -0.05) is 0 Å². The van der Waals surface area contributed by atoms with E-state index in [1.54, 1.807) is 0 Å². The van der Waals surface area contributed by atoms with Crippen LogP contribution in [0.25, 0.3) is 0 Å². The Bertz CT molecular complexity index is 355. The highest BCUT2D eigenvalue weighted by Crippen LogP contribution is 2.11. The molecule has 1 atom stereocenters. The van der Waals surface area contributed by atoms with E-state index in [4.69, 9.17) is 5.26 Å². The second-order valence-corrected chi connectivity index (χ2v) is 5.55. The molecule has 0 saturated carbocycles. The van der Waals surface area contributed by atoms with Crippen LogP contribution in [0.4, 0.5) is 0 Å². The summed E-state index contributed by atoms with van der Waals surface area (Å²) in [4.78, 5) is 11.1. The van der Waals surface area contributed by atoms with Gasteiger partial charge in [0.05, 0.1) is 17.6 Å². The van der Waals surface area contributed by atoms with E-state index < -0.39 is 9.84 Å². The monoisotopic (exact) mass is 216 g/mol. The zero-order chi connectivity index (χ0) is 10.6. The van der Waals surface area contributed by atoms with E-state index in [1.165, 1.54) is 0 Å². The van der Waals surface area contributed by atoms with E-state index >= 15 is 0 Å². The molecule has 1 rings (SSSR count). The highest BCUT2D eigenvalue weighted by atomic mass is 32.2. The molecule has 14 heavy (non-hydrogen) atoms. The van der Waals surface area contributed by atoms with Crippen molar-refractivity contribution < 1.29 is 13.2 Å². The van der Waals surface area contributed by atoms with Crippen LogP contribution in [-0.4, -0.2) is 31.9 Å². The zero-order valence-corrected chi connectivity index (χ0v) is 8.51. The Labute approximate surface area is 83.0 Å². The number of amides is 1. The standard InChI is InChI=1S/C8H12N2O3S/c9-4-1-2-8(11)10-7-3-5-14(12,13)6-7/h7H,1-3,5-6H2,(H,10,11). The first-order valence-corrected chi connectivity index (χ1v) is 6.22. The second kappa shape index (κ2) is 4.42. The largest absolute Gasteiger partial charge is 0.352 e. The summed E-state index contributed by atoms with van der Waals surface area (Å²) in [6.45, 7) is 0. The summed E-state index contributed by atoms with van der Waals surface area (Å²) >= 11 is 0. The molecule has 0 radical (unpaired) electrons. The molecule has 1 N–H and O–H groups in total. The molecule has 1 amide bonds. The Morgan fingerprint density at radius 2 is 2.29 bits per heavy atom. The maximum atomic E-state index is 11.1. The van der Waals surface area contributed by atoms with Crippen molar-refractivity contribution in [3.05, 3.63) is 0 Å². The molecule has 78 valence electrons. The molecule has 6 heteroatoms. The molecule has 0 aliphatic carbocycles. The predicted octanol–water partition coefficient (Wildman–Crippen LogP) is -0.407. The van der Waals surface area contributed by atoms with Crippen molar-refractivity contribution in [3.63, 3.8) is 0 Å². The van der Waals surface area contributed by atoms with Gasteiger partial charge in [-0.25, -0.2) is 8.42 Å². The molecule has 1 aliphatic heterocycles. The minimum absolute atomic E-state index is 0.0330. The van der Waals surface area contributed by atoms with Crippen molar-refractivity contribution >= 4 is 15.7 Å².